The van der Waals surface area contributed by atoms with Gasteiger partial charge >= 0.3 is 0 Å². The average molecular weight is 381 g/mol. The molecule has 110 valence electrons. The molecule has 0 heterocycles. The summed E-state index contributed by atoms with van der Waals surface area (Å²) in [6.45, 7) is 0. The van der Waals surface area contributed by atoms with Crippen LogP contribution in [0.15, 0.2) is 27.6 Å². The molecule has 20 heavy (non-hydrogen) atoms. The molecule has 1 saturated carbocycles. The van der Waals surface area contributed by atoms with E-state index >= 15 is 0 Å². The summed E-state index contributed by atoms with van der Waals surface area (Å²) in [6, 6.07) is 3.47. The van der Waals surface area contributed by atoms with E-state index in [2.05, 4.69) is 20.7 Å². The van der Waals surface area contributed by atoms with Crippen molar-refractivity contribution >= 4 is 43.2 Å². The Balaban J connectivity index is 2.25. The molecule has 1 fully saturated rings. The first-order chi connectivity index (χ1) is 9.31. The van der Waals surface area contributed by atoms with Crippen LogP contribution >= 0.6 is 28.1 Å². The molecule has 0 bridgehead atoms. The highest BCUT2D eigenvalue weighted by Gasteiger charge is 2.33. The first-order valence-corrected chi connectivity index (χ1v) is 8.76. The lowest BCUT2D eigenvalue weighted by Crippen LogP contribution is -2.41. The number of hydrogen-bond donors (Lipinski definition) is 2. The van der Waals surface area contributed by atoms with Crippen LogP contribution in [-0.2, 0) is 10.0 Å². The van der Waals surface area contributed by atoms with Crippen LogP contribution in [0.5, 0.6) is 0 Å². The Hall–Kier alpha value is -0.570. The van der Waals surface area contributed by atoms with Crippen molar-refractivity contribution in [2.24, 2.45) is 11.7 Å². The van der Waals surface area contributed by atoms with Gasteiger partial charge in [0, 0.05) is 16.4 Å². The topological polar surface area (TPSA) is 72.2 Å². The van der Waals surface area contributed by atoms with Crippen molar-refractivity contribution in [2.45, 2.75) is 30.2 Å². The molecule has 0 amide bonds. The van der Waals surface area contributed by atoms with E-state index in [-0.39, 0.29) is 16.9 Å². The van der Waals surface area contributed by atoms with Gasteiger partial charge in [0.25, 0.3) is 0 Å². The summed E-state index contributed by atoms with van der Waals surface area (Å²) in [4.78, 5) is -0.0687. The van der Waals surface area contributed by atoms with Crippen LogP contribution in [-0.4, -0.2) is 19.4 Å². The third-order valence-electron chi connectivity index (χ3n) is 3.37. The van der Waals surface area contributed by atoms with E-state index in [1.54, 1.807) is 0 Å². The number of hydrogen-bond acceptors (Lipinski definition) is 3. The lowest BCUT2D eigenvalue weighted by Gasteiger charge is -2.20. The first-order valence-electron chi connectivity index (χ1n) is 6.08. The van der Waals surface area contributed by atoms with Crippen LogP contribution in [0.3, 0.4) is 0 Å². The molecule has 2 unspecified atom stereocenters. The van der Waals surface area contributed by atoms with E-state index in [9.17, 15) is 12.8 Å². The van der Waals surface area contributed by atoms with E-state index < -0.39 is 15.8 Å². The summed E-state index contributed by atoms with van der Waals surface area (Å²) in [5.41, 5.74) is 5.61. The molecule has 2 atom stereocenters. The maximum Gasteiger partial charge on any atom is 0.243 e. The summed E-state index contributed by atoms with van der Waals surface area (Å²) in [6.07, 6.45) is 2.25. The monoisotopic (exact) mass is 380 g/mol. The average Bonchev–Trinajstić information content (AvgIpc) is 2.75. The lowest BCUT2D eigenvalue weighted by molar-refractivity contribution is 0.516. The van der Waals surface area contributed by atoms with E-state index in [1.807, 2.05) is 0 Å². The van der Waals surface area contributed by atoms with Crippen molar-refractivity contribution in [3.8, 4) is 0 Å². The summed E-state index contributed by atoms with van der Waals surface area (Å²) in [7, 11) is -3.92. The third-order valence-corrected chi connectivity index (χ3v) is 5.69. The standard InChI is InChI=1S/C12H14BrFN2O2S2/c13-7-4-5-11(9(14)6-7)20(17,18)16-10-3-1-2-8(10)12(15)19/h4-6,8,10,16H,1-3H2,(H2,15,19). The fraction of sp³-hybridized carbons (Fsp3) is 0.417. The molecule has 1 aliphatic carbocycles. The maximum atomic E-state index is 13.8. The van der Waals surface area contributed by atoms with Gasteiger partial charge < -0.3 is 5.73 Å². The second-order valence-electron chi connectivity index (χ2n) is 4.74. The molecular formula is C12H14BrFN2O2S2. The quantitative estimate of drug-likeness (QED) is 0.786. The Bertz CT molecular complexity index is 636. The zero-order valence-electron chi connectivity index (χ0n) is 10.5. The number of rotatable bonds is 4. The Labute approximate surface area is 131 Å². The van der Waals surface area contributed by atoms with Crippen LogP contribution in [0.2, 0.25) is 0 Å². The first kappa shape index (κ1) is 15.8. The molecular weight excluding hydrogens is 367 g/mol. The van der Waals surface area contributed by atoms with Gasteiger partial charge in [-0.2, -0.15) is 0 Å². The molecule has 1 aliphatic rings. The van der Waals surface area contributed by atoms with Crippen molar-refractivity contribution in [1.82, 2.24) is 4.72 Å². The smallest absolute Gasteiger partial charge is 0.243 e. The highest BCUT2D eigenvalue weighted by Crippen LogP contribution is 2.28. The van der Waals surface area contributed by atoms with Gasteiger partial charge in [-0.25, -0.2) is 17.5 Å². The lowest BCUT2D eigenvalue weighted by atomic mass is 10.1. The predicted molar refractivity (Wildman–Crippen MR) is 82.3 cm³/mol. The summed E-state index contributed by atoms with van der Waals surface area (Å²) in [5, 5.41) is 0. The Morgan fingerprint density at radius 1 is 1.45 bits per heavy atom. The Morgan fingerprint density at radius 3 is 2.75 bits per heavy atom. The van der Waals surface area contributed by atoms with Crippen molar-refractivity contribution in [1.29, 1.82) is 0 Å². The largest absolute Gasteiger partial charge is 0.393 e. The second-order valence-corrected chi connectivity index (χ2v) is 7.81. The molecule has 0 aliphatic heterocycles. The van der Waals surface area contributed by atoms with E-state index in [4.69, 9.17) is 18.0 Å². The molecule has 1 aromatic carbocycles. The summed E-state index contributed by atoms with van der Waals surface area (Å²) >= 11 is 8.03. The summed E-state index contributed by atoms with van der Waals surface area (Å²) in [5.74, 6) is -0.963. The normalized spacial score (nSPS) is 22.9. The van der Waals surface area contributed by atoms with Gasteiger partial charge in [0.2, 0.25) is 10.0 Å². The zero-order chi connectivity index (χ0) is 14.9. The van der Waals surface area contributed by atoms with E-state index in [0.717, 1.165) is 18.9 Å². The SMILES string of the molecule is NC(=S)C1CCCC1NS(=O)(=O)c1ccc(Br)cc1F. The van der Waals surface area contributed by atoms with Crippen LogP contribution < -0.4 is 10.5 Å². The summed E-state index contributed by atoms with van der Waals surface area (Å²) < 4.78 is 41.2. The molecule has 3 N–H and O–H groups in total. The van der Waals surface area contributed by atoms with Gasteiger partial charge in [0.05, 0.1) is 4.99 Å². The fourth-order valence-electron chi connectivity index (χ4n) is 2.40. The number of nitrogens with one attached hydrogen (secondary N) is 1. The molecule has 0 radical (unpaired) electrons. The van der Waals surface area contributed by atoms with Crippen LogP contribution in [0, 0.1) is 11.7 Å². The van der Waals surface area contributed by atoms with Gasteiger partial charge in [-0.05, 0) is 31.0 Å². The number of thiocarbonyl (C=S) groups is 1. The molecule has 4 nitrogen and oxygen atoms in total. The number of benzene rings is 1. The molecule has 2 rings (SSSR count). The zero-order valence-corrected chi connectivity index (χ0v) is 13.7. The van der Waals surface area contributed by atoms with Gasteiger partial charge in [0.15, 0.2) is 0 Å². The molecule has 1 aromatic rings. The van der Waals surface area contributed by atoms with E-state index in [1.165, 1.54) is 12.1 Å². The van der Waals surface area contributed by atoms with Crippen molar-refractivity contribution < 1.29 is 12.8 Å². The molecule has 0 saturated heterocycles. The maximum absolute atomic E-state index is 13.8. The minimum atomic E-state index is -3.92. The predicted octanol–water partition coefficient (Wildman–Crippen LogP) is 2.32. The fourth-order valence-corrected chi connectivity index (χ4v) is 4.38. The second kappa shape index (κ2) is 6.05. The van der Waals surface area contributed by atoms with Gasteiger partial charge in [-0.15, -0.1) is 0 Å². The van der Waals surface area contributed by atoms with Crippen molar-refractivity contribution in [3.05, 3.63) is 28.5 Å². The van der Waals surface area contributed by atoms with Gasteiger partial charge in [-0.3, -0.25) is 0 Å². The van der Waals surface area contributed by atoms with Crippen LogP contribution in [0.4, 0.5) is 4.39 Å². The van der Waals surface area contributed by atoms with Crippen LogP contribution in [0.25, 0.3) is 0 Å². The van der Waals surface area contributed by atoms with Crippen molar-refractivity contribution in [2.75, 3.05) is 0 Å². The minimum Gasteiger partial charge on any atom is -0.393 e. The number of nitrogens with two attached hydrogens (primary N) is 1. The molecule has 0 spiro atoms. The third kappa shape index (κ3) is 3.36. The highest BCUT2D eigenvalue weighted by molar-refractivity contribution is 9.10. The molecule has 8 heteroatoms. The van der Waals surface area contributed by atoms with Gasteiger partial charge in [-0.1, -0.05) is 34.6 Å². The van der Waals surface area contributed by atoms with Crippen molar-refractivity contribution in [3.63, 3.8) is 0 Å². The van der Waals surface area contributed by atoms with Crippen LogP contribution in [0.1, 0.15) is 19.3 Å². The number of halogens is 2. The number of sulfonamides is 1. The highest BCUT2D eigenvalue weighted by atomic mass is 79.9. The minimum absolute atomic E-state index is 0.168. The van der Waals surface area contributed by atoms with Gasteiger partial charge in [0.1, 0.15) is 10.7 Å². The Morgan fingerprint density at radius 2 is 2.15 bits per heavy atom. The Kier molecular flexibility index (Phi) is 4.78. The van der Waals surface area contributed by atoms with E-state index in [0.29, 0.717) is 15.9 Å². The molecule has 0 aromatic heterocycles.